The van der Waals surface area contributed by atoms with Crippen molar-refractivity contribution in [1.82, 2.24) is 15.2 Å². The van der Waals surface area contributed by atoms with Gasteiger partial charge >= 0.3 is 11.7 Å². The lowest BCUT2D eigenvalue weighted by atomic mass is 10.2. The predicted molar refractivity (Wildman–Crippen MR) is 122 cm³/mol. The topological polar surface area (TPSA) is 129 Å². The van der Waals surface area contributed by atoms with Crippen LogP contribution in [0.15, 0.2) is 53.6 Å². The van der Waals surface area contributed by atoms with Crippen LogP contribution < -0.4 is 10.2 Å². The number of halogens is 1. The molecule has 1 heterocycles. The summed E-state index contributed by atoms with van der Waals surface area (Å²) in [5.41, 5.74) is 3.77. The van der Waals surface area contributed by atoms with Crippen molar-refractivity contribution in [2.75, 3.05) is 0 Å². The highest BCUT2D eigenvalue weighted by atomic mass is 35.5. The van der Waals surface area contributed by atoms with Crippen LogP contribution in [0.25, 0.3) is 0 Å². The van der Waals surface area contributed by atoms with Crippen molar-refractivity contribution in [3.63, 3.8) is 0 Å². The average Bonchev–Trinajstić information content (AvgIpc) is 3.08. The number of ether oxygens (including phenoxy) is 1. The van der Waals surface area contributed by atoms with Crippen LogP contribution in [0, 0.1) is 24.0 Å². The smallest absolute Gasteiger partial charge is 0.343 e. The van der Waals surface area contributed by atoms with Gasteiger partial charge in [0, 0.05) is 5.02 Å². The van der Waals surface area contributed by atoms with E-state index in [0.29, 0.717) is 21.9 Å². The molecule has 0 radical (unpaired) electrons. The SMILES string of the molecule is Cc1nn(C(C)C(=O)N/N=C/c2ccc(OC(=O)c3cccc(Cl)c3)cc2)c(C)c1[N+](=O)[O-]. The van der Waals surface area contributed by atoms with Crippen LogP contribution in [0.1, 0.15) is 40.3 Å². The molecule has 0 aliphatic rings. The molecule has 0 aliphatic heterocycles. The molecule has 0 fully saturated rings. The second-order valence-corrected chi connectivity index (χ2v) is 7.54. The third-order valence-electron chi connectivity index (χ3n) is 4.75. The van der Waals surface area contributed by atoms with Gasteiger partial charge in [-0.25, -0.2) is 10.2 Å². The van der Waals surface area contributed by atoms with E-state index in [0.717, 1.165) is 0 Å². The summed E-state index contributed by atoms with van der Waals surface area (Å²) in [6.07, 6.45) is 1.41. The van der Waals surface area contributed by atoms with Gasteiger partial charge in [-0.15, -0.1) is 0 Å². The normalized spacial score (nSPS) is 11.9. The highest BCUT2D eigenvalue weighted by Gasteiger charge is 2.26. The number of hydrogen-bond donors (Lipinski definition) is 1. The molecule has 11 heteroatoms. The first kappa shape index (κ1) is 23.6. The van der Waals surface area contributed by atoms with Gasteiger partial charge in [0.15, 0.2) is 0 Å². The van der Waals surface area contributed by atoms with E-state index in [4.69, 9.17) is 16.3 Å². The van der Waals surface area contributed by atoms with Crippen molar-refractivity contribution >= 4 is 35.4 Å². The van der Waals surface area contributed by atoms with Crippen molar-refractivity contribution in [2.45, 2.75) is 26.8 Å². The lowest BCUT2D eigenvalue weighted by Gasteiger charge is -2.11. The highest BCUT2D eigenvalue weighted by Crippen LogP contribution is 2.24. The zero-order chi connectivity index (χ0) is 24.1. The van der Waals surface area contributed by atoms with Crippen LogP contribution in [-0.4, -0.2) is 32.8 Å². The second-order valence-electron chi connectivity index (χ2n) is 7.10. The number of carbonyl (C=O) groups excluding carboxylic acids is 2. The number of aryl methyl sites for hydroxylation is 1. The maximum absolute atomic E-state index is 12.4. The Bertz CT molecular complexity index is 1240. The molecule has 0 spiro atoms. The molecular formula is C22H20ClN5O5. The number of aromatic nitrogens is 2. The van der Waals surface area contributed by atoms with Gasteiger partial charge in [0.2, 0.25) is 0 Å². The van der Waals surface area contributed by atoms with E-state index in [9.17, 15) is 19.7 Å². The molecule has 1 unspecified atom stereocenters. The van der Waals surface area contributed by atoms with Gasteiger partial charge in [0.1, 0.15) is 23.2 Å². The Kier molecular flexibility index (Phi) is 7.19. The summed E-state index contributed by atoms with van der Waals surface area (Å²) >= 11 is 5.88. The Morgan fingerprint density at radius 3 is 2.55 bits per heavy atom. The lowest BCUT2D eigenvalue weighted by molar-refractivity contribution is -0.386. The van der Waals surface area contributed by atoms with Crippen molar-refractivity contribution in [2.24, 2.45) is 5.10 Å². The fourth-order valence-corrected chi connectivity index (χ4v) is 3.26. The Balaban J connectivity index is 1.59. The van der Waals surface area contributed by atoms with Crippen molar-refractivity contribution in [3.05, 3.63) is 86.2 Å². The number of nitrogens with one attached hydrogen (secondary N) is 1. The van der Waals surface area contributed by atoms with E-state index in [1.807, 2.05) is 0 Å². The first-order valence-corrected chi connectivity index (χ1v) is 10.2. The number of rotatable bonds is 7. The molecule has 1 atom stereocenters. The van der Waals surface area contributed by atoms with Crippen LogP contribution in [0.2, 0.25) is 5.02 Å². The molecular weight excluding hydrogens is 450 g/mol. The Hall–Kier alpha value is -4.05. The molecule has 10 nitrogen and oxygen atoms in total. The fraction of sp³-hybridized carbons (Fsp3) is 0.182. The highest BCUT2D eigenvalue weighted by molar-refractivity contribution is 6.30. The summed E-state index contributed by atoms with van der Waals surface area (Å²) in [7, 11) is 0. The first-order valence-electron chi connectivity index (χ1n) is 9.78. The molecule has 3 aromatic rings. The monoisotopic (exact) mass is 469 g/mol. The number of hydrogen-bond acceptors (Lipinski definition) is 7. The molecule has 0 saturated heterocycles. The molecule has 0 bridgehead atoms. The third-order valence-corrected chi connectivity index (χ3v) is 4.99. The number of hydrazone groups is 1. The minimum absolute atomic E-state index is 0.116. The number of amides is 1. The number of benzene rings is 2. The van der Waals surface area contributed by atoms with E-state index in [1.165, 1.54) is 30.8 Å². The van der Waals surface area contributed by atoms with Crippen LogP contribution in [0.3, 0.4) is 0 Å². The lowest BCUT2D eigenvalue weighted by Crippen LogP contribution is -2.28. The van der Waals surface area contributed by atoms with E-state index < -0.39 is 22.8 Å². The largest absolute Gasteiger partial charge is 0.423 e. The second kappa shape index (κ2) is 10.0. The molecule has 0 aliphatic carbocycles. The maximum atomic E-state index is 12.4. The molecule has 3 rings (SSSR count). The van der Waals surface area contributed by atoms with Crippen LogP contribution in [0.4, 0.5) is 5.69 Å². The minimum atomic E-state index is -0.803. The van der Waals surface area contributed by atoms with E-state index in [-0.39, 0.29) is 17.1 Å². The van der Waals surface area contributed by atoms with Crippen LogP contribution >= 0.6 is 11.6 Å². The molecule has 1 N–H and O–H groups in total. The van der Waals surface area contributed by atoms with Gasteiger partial charge in [0.05, 0.1) is 16.7 Å². The van der Waals surface area contributed by atoms with Gasteiger partial charge in [-0.05, 0) is 68.8 Å². The van der Waals surface area contributed by atoms with Crippen LogP contribution in [-0.2, 0) is 4.79 Å². The van der Waals surface area contributed by atoms with Gasteiger partial charge in [-0.1, -0.05) is 17.7 Å². The molecule has 1 aromatic heterocycles. The summed E-state index contributed by atoms with van der Waals surface area (Å²) in [5.74, 6) is -0.690. The van der Waals surface area contributed by atoms with Gasteiger partial charge in [0.25, 0.3) is 5.91 Å². The van der Waals surface area contributed by atoms with E-state index >= 15 is 0 Å². The molecule has 0 saturated carbocycles. The average molecular weight is 470 g/mol. The predicted octanol–water partition coefficient (Wildman–Crippen LogP) is 3.99. The summed E-state index contributed by atoms with van der Waals surface area (Å²) in [5, 5.41) is 19.6. The zero-order valence-corrected chi connectivity index (χ0v) is 18.7. The van der Waals surface area contributed by atoms with Gasteiger partial charge in [-0.2, -0.15) is 10.2 Å². The molecule has 170 valence electrons. The van der Waals surface area contributed by atoms with E-state index in [2.05, 4.69) is 15.6 Å². The van der Waals surface area contributed by atoms with Gasteiger partial charge < -0.3 is 4.74 Å². The number of carbonyl (C=O) groups is 2. The summed E-state index contributed by atoms with van der Waals surface area (Å²) < 4.78 is 6.60. The number of esters is 1. The van der Waals surface area contributed by atoms with Crippen molar-refractivity contribution in [1.29, 1.82) is 0 Å². The van der Waals surface area contributed by atoms with Crippen LogP contribution in [0.5, 0.6) is 5.75 Å². The molecule has 2 aromatic carbocycles. The Morgan fingerprint density at radius 2 is 1.94 bits per heavy atom. The number of nitrogens with zero attached hydrogens (tertiary/aromatic N) is 4. The maximum Gasteiger partial charge on any atom is 0.343 e. The molecule has 33 heavy (non-hydrogen) atoms. The quantitative estimate of drug-likeness (QED) is 0.183. The van der Waals surface area contributed by atoms with Crippen molar-refractivity contribution in [3.8, 4) is 5.75 Å². The minimum Gasteiger partial charge on any atom is -0.423 e. The van der Waals surface area contributed by atoms with E-state index in [1.54, 1.807) is 49.4 Å². The Morgan fingerprint density at radius 1 is 1.24 bits per heavy atom. The fourth-order valence-electron chi connectivity index (χ4n) is 3.07. The summed E-state index contributed by atoms with van der Waals surface area (Å²) in [4.78, 5) is 35.2. The number of nitro groups is 1. The summed E-state index contributed by atoms with van der Waals surface area (Å²) in [6.45, 7) is 4.61. The molecule has 1 amide bonds. The summed E-state index contributed by atoms with van der Waals surface area (Å²) in [6, 6.07) is 12.1. The van der Waals surface area contributed by atoms with Crippen molar-refractivity contribution < 1.29 is 19.2 Å². The van der Waals surface area contributed by atoms with Gasteiger partial charge in [-0.3, -0.25) is 19.6 Å². The first-order chi connectivity index (χ1) is 15.7. The zero-order valence-electron chi connectivity index (χ0n) is 18.0. The standard InChI is InChI=1S/C22H20ClN5O5/c1-13-20(28(31)32)14(2)27(26-13)15(3)21(29)25-24-12-16-7-9-19(10-8-16)33-22(30)17-5-4-6-18(23)11-17/h4-12,15H,1-3H3,(H,25,29)/b24-12+. The third kappa shape index (κ3) is 5.60. The Labute approximate surface area is 194 Å².